The number of carbonyl (C=O) groups is 3. The van der Waals surface area contributed by atoms with Gasteiger partial charge in [0.15, 0.2) is 6.04 Å². The molecular weight excluding hydrogens is 312 g/mol. The van der Waals surface area contributed by atoms with Crippen molar-refractivity contribution < 1.29 is 24.6 Å². The van der Waals surface area contributed by atoms with Crippen LogP contribution in [0.4, 0.5) is 0 Å². The Kier molecular flexibility index (Phi) is 4.87. The quantitative estimate of drug-likeness (QED) is 0.693. The lowest BCUT2D eigenvalue weighted by Crippen LogP contribution is -2.65. The van der Waals surface area contributed by atoms with E-state index in [1.54, 1.807) is 6.08 Å². The third-order valence-corrected chi connectivity index (χ3v) is 4.15. The summed E-state index contributed by atoms with van der Waals surface area (Å²) in [5.74, 6) is -3.06. The van der Waals surface area contributed by atoms with Gasteiger partial charge in [-0.05, 0) is 18.4 Å². The number of nitrogens with zero attached hydrogens (tertiary/aromatic N) is 1. The van der Waals surface area contributed by atoms with E-state index in [1.807, 2.05) is 13.0 Å². The molecule has 1 aliphatic carbocycles. The number of hydrogen-bond acceptors (Lipinski definition) is 4. The van der Waals surface area contributed by atoms with Crippen molar-refractivity contribution in [2.24, 2.45) is 5.92 Å². The smallest absolute Gasteiger partial charge is 0.328 e. The van der Waals surface area contributed by atoms with Gasteiger partial charge in [-0.1, -0.05) is 24.6 Å². The lowest BCUT2D eigenvalue weighted by atomic mass is 9.93. The fourth-order valence-electron chi connectivity index (χ4n) is 2.70. The lowest BCUT2D eigenvalue weighted by molar-refractivity contribution is -0.158. The number of allylic oxidation sites excluding steroid dienone is 3. The molecule has 3 unspecified atom stereocenters. The van der Waals surface area contributed by atoms with Gasteiger partial charge >= 0.3 is 11.9 Å². The number of carboxylic acid groups (broad SMARTS) is 2. The van der Waals surface area contributed by atoms with Gasteiger partial charge < -0.3 is 20.4 Å². The second kappa shape index (κ2) is 6.50. The van der Waals surface area contributed by atoms with E-state index < -0.39 is 29.9 Å². The van der Waals surface area contributed by atoms with Crippen LogP contribution in [-0.2, 0) is 14.4 Å². The summed E-state index contributed by atoms with van der Waals surface area (Å²) in [7, 11) is 0. The number of rotatable bonds is 3. The maximum atomic E-state index is 12.7. The third-order valence-electron chi connectivity index (χ3n) is 3.79. The minimum absolute atomic E-state index is 0.114. The van der Waals surface area contributed by atoms with Gasteiger partial charge in [0.25, 0.3) is 5.91 Å². The van der Waals surface area contributed by atoms with Gasteiger partial charge in [0, 0.05) is 23.7 Å². The Morgan fingerprint density at radius 2 is 2.00 bits per heavy atom. The Bertz CT molecular complexity index is 572. The molecule has 0 radical (unpaired) electrons. The van der Waals surface area contributed by atoms with Crippen LogP contribution >= 0.6 is 11.6 Å². The van der Waals surface area contributed by atoms with Crippen LogP contribution < -0.4 is 5.32 Å². The van der Waals surface area contributed by atoms with Crippen molar-refractivity contribution in [3.63, 3.8) is 0 Å². The first-order chi connectivity index (χ1) is 10.3. The number of hydrogen-bond donors (Lipinski definition) is 3. The zero-order chi connectivity index (χ0) is 16.4. The lowest BCUT2D eigenvalue weighted by Gasteiger charge is -2.38. The van der Waals surface area contributed by atoms with Gasteiger partial charge in [0.1, 0.15) is 6.04 Å². The van der Waals surface area contributed by atoms with Crippen LogP contribution in [0.3, 0.4) is 0 Å². The number of amides is 1. The maximum absolute atomic E-state index is 12.7. The Hall–Kier alpha value is -1.86. The molecule has 1 fully saturated rings. The van der Waals surface area contributed by atoms with Gasteiger partial charge in [-0.25, -0.2) is 4.79 Å². The summed E-state index contributed by atoms with van der Waals surface area (Å²) in [6.07, 6.45) is 3.89. The van der Waals surface area contributed by atoms with Crippen molar-refractivity contribution in [2.45, 2.75) is 25.4 Å². The van der Waals surface area contributed by atoms with Crippen LogP contribution in [0.15, 0.2) is 22.8 Å². The van der Waals surface area contributed by atoms with Gasteiger partial charge in [-0.15, -0.1) is 0 Å². The first kappa shape index (κ1) is 16.5. The van der Waals surface area contributed by atoms with E-state index in [1.165, 1.54) is 0 Å². The first-order valence-corrected chi connectivity index (χ1v) is 7.27. The molecule has 7 nitrogen and oxygen atoms in total. The fourth-order valence-corrected chi connectivity index (χ4v) is 2.93. The summed E-state index contributed by atoms with van der Waals surface area (Å²) in [6.45, 7) is 2.24. The largest absolute Gasteiger partial charge is 0.480 e. The Labute approximate surface area is 132 Å². The highest BCUT2D eigenvalue weighted by atomic mass is 35.5. The summed E-state index contributed by atoms with van der Waals surface area (Å²) in [6, 6.07) is -2.80. The monoisotopic (exact) mass is 328 g/mol. The van der Waals surface area contributed by atoms with Gasteiger partial charge in [-0.3, -0.25) is 9.59 Å². The van der Waals surface area contributed by atoms with Crippen molar-refractivity contribution in [2.75, 3.05) is 13.1 Å². The van der Waals surface area contributed by atoms with E-state index in [2.05, 4.69) is 5.32 Å². The number of nitrogens with one attached hydrogen (secondary N) is 1. The molecule has 0 saturated carbocycles. The van der Waals surface area contributed by atoms with E-state index in [4.69, 9.17) is 16.7 Å². The number of carbonyl (C=O) groups excluding carboxylic acids is 1. The molecule has 0 aromatic carbocycles. The predicted octanol–water partition coefficient (Wildman–Crippen LogP) is 0.413. The molecule has 3 N–H and O–H groups in total. The summed E-state index contributed by atoms with van der Waals surface area (Å²) in [5, 5.41) is 21.4. The normalized spacial score (nSPS) is 28.6. The van der Waals surface area contributed by atoms with E-state index in [0.29, 0.717) is 12.0 Å². The molecular formula is C14H17ClN2O5. The SMILES string of the molecule is CC1C=CC(Cl)=C(C(=O)N2CCNC(C(=O)O)C2C(=O)O)C1. The van der Waals surface area contributed by atoms with Gasteiger partial charge in [0.05, 0.1) is 0 Å². The molecule has 8 heteroatoms. The third kappa shape index (κ3) is 3.15. The summed E-state index contributed by atoms with van der Waals surface area (Å²) in [4.78, 5) is 36.4. The summed E-state index contributed by atoms with van der Waals surface area (Å²) < 4.78 is 0. The molecule has 0 aromatic heterocycles. The van der Waals surface area contributed by atoms with Crippen LogP contribution in [0.25, 0.3) is 0 Å². The van der Waals surface area contributed by atoms with Crippen LogP contribution in [0.2, 0.25) is 0 Å². The number of piperazine rings is 1. The molecule has 0 spiro atoms. The second-order valence-electron chi connectivity index (χ2n) is 5.42. The maximum Gasteiger partial charge on any atom is 0.328 e. The molecule has 22 heavy (non-hydrogen) atoms. The minimum Gasteiger partial charge on any atom is -0.480 e. The standard InChI is InChI=1S/C14H17ClN2O5/c1-7-2-3-9(15)8(6-7)12(18)17-5-4-16-10(13(19)20)11(17)14(21)22/h2-3,7,10-11,16H,4-6H2,1H3,(H,19,20)(H,21,22). The molecule has 3 atom stereocenters. The zero-order valence-electron chi connectivity index (χ0n) is 12.0. The van der Waals surface area contributed by atoms with Crippen LogP contribution in [-0.4, -0.2) is 58.1 Å². The highest BCUT2D eigenvalue weighted by Gasteiger charge is 2.44. The second-order valence-corrected chi connectivity index (χ2v) is 5.83. The van der Waals surface area contributed by atoms with Crippen molar-refractivity contribution in [3.8, 4) is 0 Å². The number of halogens is 1. The van der Waals surface area contributed by atoms with Crippen molar-refractivity contribution in [1.29, 1.82) is 0 Å². The van der Waals surface area contributed by atoms with Gasteiger partial charge in [0.2, 0.25) is 0 Å². The van der Waals surface area contributed by atoms with Crippen LogP contribution in [0.5, 0.6) is 0 Å². The van der Waals surface area contributed by atoms with Crippen molar-refractivity contribution in [3.05, 3.63) is 22.8 Å². The van der Waals surface area contributed by atoms with Crippen LogP contribution in [0, 0.1) is 5.92 Å². The molecule has 1 heterocycles. The Morgan fingerprint density at radius 1 is 1.32 bits per heavy atom. The molecule has 0 bridgehead atoms. The Balaban J connectivity index is 2.32. The number of aliphatic carboxylic acids is 2. The predicted molar refractivity (Wildman–Crippen MR) is 78.4 cm³/mol. The summed E-state index contributed by atoms with van der Waals surface area (Å²) in [5.41, 5.74) is 0.328. The average Bonchev–Trinajstić information content (AvgIpc) is 2.48. The molecule has 1 aliphatic heterocycles. The highest BCUT2D eigenvalue weighted by Crippen LogP contribution is 2.28. The molecule has 2 aliphatic rings. The first-order valence-electron chi connectivity index (χ1n) is 6.89. The molecule has 2 rings (SSSR count). The van der Waals surface area contributed by atoms with E-state index in [0.717, 1.165) is 4.90 Å². The van der Waals surface area contributed by atoms with E-state index in [9.17, 15) is 19.5 Å². The number of carboxylic acids is 2. The summed E-state index contributed by atoms with van der Waals surface area (Å²) >= 11 is 6.05. The fraction of sp³-hybridized carbons (Fsp3) is 0.500. The minimum atomic E-state index is -1.46. The zero-order valence-corrected chi connectivity index (χ0v) is 12.7. The Morgan fingerprint density at radius 3 is 2.59 bits per heavy atom. The van der Waals surface area contributed by atoms with Gasteiger partial charge in [-0.2, -0.15) is 0 Å². The van der Waals surface area contributed by atoms with E-state index >= 15 is 0 Å². The van der Waals surface area contributed by atoms with Crippen LogP contribution in [0.1, 0.15) is 13.3 Å². The topological polar surface area (TPSA) is 107 Å². The van der Waals surface area contributed by atoms with Crippen molar-refractivity contribution in [1.82, 2.24) is 10.2 Å². The highest BCUT2D eigenvalue weighted by molar-refractivity contribution is 6.33. The molecule has 120 valence electrons. The van der Waals surface area contributed by atoms with Crippen molar-refractivity contribution >= 4 is 29.4 Å². The molecule has 1 amide bonds. The van der Waals surface area contributed by atoms with E-state index in [-0.39, 0.29) is 24.0 Å². The average molecular weight is 329 g/mol. The molecule has 1 saturated heterocycles. The molecule has 0 aromatic rings.